The first-order valence-corrected chi connectivity index (χ1v) is 4.59. The van der Waals surface area contributed by atoms with Crippen LogP contribution in [0.2, 0.25) is 5.02 Å². The molecule has 0 fully saturated rings. The van der Waals surface area contributed by atoms with Gasteiger partial charge >= 0.3 is 0 Å². The summed E-state index contributed by atoms with van der Waals surface area (Å²) in [7, 11) is 0. The van der Waals surface area contributed by atoms with E-state index in [1.807, 2.05) is 6.92 Å². The Morgan fingerprint density at radius 1 is 1.57 bits per heavy atom. The molecule has 1 aliphatic rings. The lowest BCUT2D eigenvalue weighted by Crippen LogP contribution is -2.14. The van der Waals surface area contributed by atoms with E-state index >= 15 is 0 Å². The van der Waals surface area contributed by atoms with Crippen LogP contribution in [0.25, 0.3) is 6.08 Å². The number of halogens is 2. The molecule has 0 aromatic heterocycles. The summed E-state index contributed by atoms with van der Waals surface area (Å²) in [5.41, 5.74) is 6.15. The van der Waals surface area contributed by atoms with Crippen LogP contribution in [0.4, 0.5) is 10.1 Å². The van der Waals surface area contributed by atoms with E-state index in [1.165, 1.54) is 6.07 Å². The lowest BCUT2D eigenvalue weighted by atomic mass is 10.1. The summed E-state index contributed by atoms with van der Waals surface area (Å²) in [5.74, 6) is -0.0582. The molecule has 0 radical (unpaired) electrons. The second kappa shape index (κ2) is 3.17. The highest BCUT2D eigenvalue weighted by molar-refractivity contribution is 6.32. The second-order valence-electron chi connectivity index (χ2n) is 3.18. The molecule has 1 atom stereocenters. The van der Waals surface area contributed by atoms with Gasteiger partial charge < -0.3 is 10.5 Å². The van der Waals surface area contributed by atoms with Gasteiger partial charge in [0.15, 0.2) is 0 Å². The average Bonchev–Trinajstić information content (AvgIpc) is 2.14. The SMILES string of the molecule is CC1C=Cc2c(N)c(F)cc(Cl)c2O1. The summed E-state index contributed by atoms with van der Waals surface area (Å²) in [6, 6.07) is 1.17. The van der Waals surface area contributed by atoms with Crippen molar-refractivity contribution in [3.63, 3.8) is 0 Å². The van der Waals surface area contributed by atoms with Gasteiger partial charge in [0, 0.05) is 5.56 Å². The number of rotatable bonds is 0. The van der Waals surface area contributed by atoms with E-state index in [1.54, 1.807) is 12.2 Å². The standard InChI is InChI=1S/C10H9ClFNO/c1-5-2-3-6-9(13)8(12)4-7(11)10(6)14-5/h2-5H,13H2,1H3. The molecular weight excluding hydrogens is 205 g/mol. The summed E-state index contributed by atoms with van der Waals surface area (Å²) in [4.78, 5) is 0. The number of hydrogen-bond donors (Lipinski definition) is 1. The van der Waals surface area contributed by atoms with Crippen molar-refractivity contribution in [2.75, 3.05) is 5.73 Å². The van der Waals surface area contributed by atoms with E-state index in [4.69, 9.17) is 22.1 Å². The molecule has 1 aromatic carbocycles. The second-order valence-corrected chi connectivity index (χ2v) is 3.59. The van der Waals surface area contributed by atoms with Gasteiger partial charge in [-0.05, 0) is 25.1 Å². The Morgan fingerprint density at radius 3 is 3.00 bits per heavy atom. The number of hydrogen-bond acceptors (Lipinski definition) is 2. The molecule has 0 amide bonds. The number of anilines is 1. The number of nitrogens with two attached hydrogens (primary N) is 1. The molecule has 1 aromatic rings. The van der Waals surface area contributed by atoms with Gasteiger partial charge in [-0.1, -0.05) is 11.6 Å². The molecule has 0 bridgehead atoms. The fourth-order valence-corrected chi connectivity index (χ4v) is 1.62. The van der Waals surface area contributed by atoms with Crippen LogP contribution in [0.15, 0.2) is 12.1 Å². The fourth-order valence-electron chi connectivity index (χ4n) is 1.38. The topological polar surface area (TPSA) is 35.2 Å². The van der Waals surface area contributed by atoms with Crippen LogP contribution >= 0.6 is 11.6 Å². The predicted octanol–water partition coefficient (Wildman–Crippen LogP) is 2.86. The number of fused-ring (bicyclic) bond motifs is 1. The maximum atomic E-state index is 13.2. The van der Waals surface area contributed by atoms with E-state index in [0.717, 1.165) is 0 Å². The quantitative estimate of drug-likeness (QED) is 0.673. The molecule has 1 heterocycles. The average molecular weight is 214 g/mol. The van der Waals surface area contributed by atoms with Crippen molar-refractivity contribution in [3.8, 4) is 5.75 Å². The van der Waals surface area contributed by atoms with Gasteiger partial charge in [0.25, 0.3) is 0 Å². The monoisotopic (exact) mass is 213 g/mol. The molecule has 14 heavy (non-hydrogen) atoms. The Morgan fingerprint density at radius 2 is 2.29 bits per heavy atom. The van der Waals surface area contributed by atoms with Crippen LogP contribution in [0.1, 0.15) is 12.5 Å². The van der Waals surface area contributed by atoms with Gasteiger partial charge in [0.05, 0.1) is 10.7 Å². The highest BCUT2D eigenvalue weighted by atomic mass is 35.5. The van der Waals surface area contributed by atoms with E-state index in [2.05, 4.69) is 0 Å². The zero-order chi connectivity index (χ0) is 10.3. The van der Waals surface area contributed by atoms with Crippen LogP contribution in [-0.2, 0) is 0 Å². The van der Waals surface area contributed by atoms with Crippen molar-refractivity contribution in [3.05, 3.63) is 28.5 Å². The molecule has 2 N–H and O–H groups in total. The lowest BCUT2D eigenvalue weighted by Gasteiger charge is -2.20. The van der Waals surface area contributed by atoms with Gasteiger partial charge in [0.1, 0.15) is 17.7 Å². The van der Waals surface area contributed by atoms with Crippen LogP contribution in [0.3, 0.4) is 0 Å². The molecule has 1 unspecified atom stereocenters. The summed E-state index contributed by atoms with van der Waals surface area (Å²) in [6.45, 7) is 1.87. The van der Waals surface area contributed by atoms with Crippen molar-refractivity contribution in [1.82, 2.24) is 0 Å². The molecule has 2 nitrogen and oxygen atoms in total. The Kier molecular flexibility index (Phi) is 2.11. The first kappa shape index (κ1) is 9.34. The van der Waals surface area contributed by atoms with Crippen LogP contribution < -0.4 is 10.5 Å². The van der Waals surface area contributed by atoms with Crippen molar-refractivity contribution >= 4 is 23.4 Å². The minimum absolute atomic E-state index is 0.0649. The van der Waals surface area contributed by atoms with Crippen LogP contribution in [0, 0.1) is 5.82 Å². The summed E-state index contributed by atoms with van der Waals surface area (Å²) >= 11 is 5.83. The third kappa shape index (κ3) is 1.34. The predicted molar refractivity (Wildman–Crippen MR) is 54.9 cm³/mol. The van der Waals surface area contributed by atoms with E-state index < -0.39 is 5.82 Å². The fraction of sp³-hybridized carbons (Fsp3) is 0.200. The lowest BCUT2D eigenvalue weighted by molar-refractivity contribution is 0.266. The normalized spacial score (nSPS) is 18.9. The van der Waals surface area contributed by atoms with Crippen molar-refractivity contribution in [2.24, 2.45) is 0 Å². The zero-order valence-electron chi connectivity index (χ0n) is 7.55. The van der Waals surface area contributed by atoms with Gasteiger partial charge in [-0.25, -0.2) is 4.39 Å². The van der Waals surface area contributed by atoms with E-state index in [9.17, 15) is 4.39 Å². The molecule has 0 saturated heterocycles. The first-order chi connectivity index (χ1) is 6.59. The molecule has 2 rings (SSSR count). The maximum absolute atomic E-state index is 13.2. The maximum Gasteiger partial charge on any atom is 0.148 e. The molecule has 0 saturated carbocycles. The van der Waals surface area contributed by atoms with Gasteiger partial charge in [-0.15, -0.1) is 0 Å². The zero-order valence-corrected chi connectivity index (χ0v) is 8.31. The number of benzene rings is 1. The van der Waals surface area contributed by atoms with Crippen molar-refractivity contribution < 1.29 is 9.13 Å². The Labute approximate surface area is 86.1 Å². The molecule has 0 spiro atoms. The third-order valence-electron chi connectivity index (χ3n) is 2.10. The minimum Gasteiger partial charge on any atom is -0.484 e. The summed E-state index contributed by atoms with van der Waals surface area (Å²) in [5, 5.41) is 0.253. The van der Waals surface area contributed by atoms with Crippen molar-refractivity contribution in [2.45, 2.75) is 13.0 Å². The van der Waals surface area contributed by atoms with E-state index in [0.29, 0.717) is 11.3 Å². The highest BCUT2D eigenvalue weighted by Crippen LogP contribution is 2.38. The highest BCUT2D eigenvalue weighted by Gasteiger charge is 2.19. The van der Waals surface area contributed by atoms with Crippen LogP contribution in [-0.4, -0.2) is 6.10 Å². The third-order valence-corrected chi connectivity index (χ3v) is 2.38. The molecule has 4 heteroatoms. The van der Waals surface area contributed by atoms with E-state index in [-0.39, 0.29) is 16.8 Å². The molecule has 0 aliphatic carbocycles. The number of nitrogen functional groups attached to an aromatic ring is 1. The minimum atomic E-state index is -0.517. The molecule has 74 valence electrons. The molecule has 1 aliphatic heterocycles. The number of ether oxygens (including phenoxy) is 1. The van der Waals surface area contributed by atoms with Gasteiger partial charge in [-0.2, -0.15) is 0 Å². The smallest absolute Gasteiger partial charge is 0.148 e. The Bertz CT molecular complexity index is 417. The summed E-state index contributed by atoms with van der Waals surface area (Å²) < 4.78 is 18.6. The van der Waals surface area contributed by atoms with Crippen LogP contribution in [0.5, 0.6) is 5.75 Å². The van der Waals surface area contributed by atoms with Crippen molar-refractivity contribution in [1.29, 1.82) is 0 Å². The Balaban J connectivity index is 2.66. The largest absolute Gasteiger partial charge is 0.484 e. The summed E-state index contributed by atoms with van der Waals surface area (Å²) in [6.07, 6.45) is 3.47. The Hall–Kier alpha value is -1.22. The first-order valence-electron chi connectivity index (χ1n) is 4.22. The molecular formula is C10H9ClFNO. The van der Waals surface area contributed by atoms with Gasteiger partial charge in [-0.3, -0.25) is 0 Å². The van der Waals surface area contributed by atoms with Gasteiger partial charge in [0.2, 0.25) is 0 Å².